The Bertz CT molecular complexity index is 880. The average molecular weight is 359 g/mol. The molecule has 0 radical (unpaired) electrons. The highest BCUT2D eigenvalue weighted by Crippen LogP contribution is 2.29. The second-order valence-corrected chi connectivity index (χ2v) is 6.95. The van der Waals surface area contributed by atoms with Crippen molar-refractivity contribution in [1.82, 2.24) is 4.98 Å². The van der Waals surface area contributed by atoms with Gasteiger partial charge in [0.05, 0.1) is 5.52 Å². The Morgan fingerprint density at radius 3 is 2.72 bits per heavy atom. The van der Waals surface area contributed by atoms with E-state index in [9.17, 15) is 8.60 Å². The zero-order valence-corrected chi connectivity index (χ0v) is 15.7. The first-order chi connectivity index (χ1) is 11.9. The van der Waals surface area contributed by atoms with Crippen LogP contribution < -0.4 is 4.74 Å². The molecule has 1 atom stereocenters. The topological polar surface area (TPSA) is 39.2 Å². The fourth-order valence-corrected chi connectivity index (χ4v) is 2.73. The Kier molecular flexibility index (Phi) is 6.65. The number of rotatable bonds is 6. The lowest BCUT2D eigenvalue weighted by Gasteiger charge is -2.13. The van der Waals surface area contributed by atoms with Crippen LogP contribution >= 0.6 is 0 Å². The fraction of sp³-hybridized carbons (Fsp3) is 0.250. The Morgan fingerprint density at radius 1 is 1.32 bits per heavy atom. The van der Waals surface area contributed by atoms with Crippen LogP contribution in [0.15, 0.2) is 70.7 Å². The van der Waals surface area contributed by atoms with Crippen molar-refractivity contribution in [3.05, 3.63) is 65.8 Å². The summed E-state index contributed by atoms with van der Waals surface area (Å²) in [4.78, 5) is 5.00. The molecule has 0 saturated carbocycles. The van der Waals surface area contributed by atoms with Crippen LogP contribution in [0.5, 0.6) is 5.75 Å². The third kappa shape index (κ3) is 4.86. The van der Waals surface area contributed by atoms with E-state index in [1.165, 1.54) is 6.92 Å². The molecular formula is C20H22FNO2S. The lowest BCUT2D eigenvalue weighted by atomic mass is 10.2. The Morgan fingerprint density at radius 2 is 2.08 bits per heavy atom. The molecule has 0 N–H and O–H groups in total. The SMILES string of the molecule is CC/C=C/C=C(Oc1ccnc2ccc(S(C)=O)cc12)\C(C)=C(/C)F. The van der Waals surface area contributed by atoms with Crippen LogP contribution in [-0.4, -0.2) is 15.4 Å². The van der Waals surface area contributed by atoms with Gasteiger partial charge in [0.15, 0.2) is 0 Å². The molecule has 0 fully saturated rings. The number of ether oxygens (including phenoxy) is 1. The van der Waals surface area contributed by atoms with Crippen molar-refractivity contribution in [1.29, 1.82) is 0 Å². The molecule has 3 nitrogen and oxygen atoms in total. The molecule has 5 heteroatoms. The maximum absolute atomic E-state index is 13.7. The second kappa shape index (κ2) is 8.72. The standard InChI is InChI=1S/C20H22FNO2S/c1-5-6-7-8-19(14(2)15(3)21)24-20-11-12-22-18-10-9-16(25(4)23)13-17(18)20/h6-13H,5H2,1-4H3/b7-6+,15-14+,19-8+. The van der Waals surface area contributed by atoms with Gasteiger partial charge in [-0.2, -0.15) is 0 Å². The van der Waals surface area contributed by atoms with E-state index in [-0.39, 0.29) is 5.83 Å². The van der Waals surface area contributed by atoms with E-state index in [4.69, 9.17) is 4.74 Å². The Labute approximate surface area is 150 Å². The monoisotopic (exact) mass is 359 g/mol. The number of hydrogen-bond donors (Lipinski definition) is 0. The highest BCUT2D eigenvalue weighted by molar-refractivity contribution is 7.84. The largest absolute Gasteiger partial charge is 0.456 e. The molecule has 25 heavy (non-hydrogen) atoms. The number of benzene rings is 1. The van der Waals surface area contributed by atoms with Crippen LogP contribution in [0.1, 0.15) is 27.2 Å². The van der Waals surface area contributed by atoms with Crippen LogP contribution in [-0.2, 0) is 10.8 Å². The Hall–Kier alpha value is -2.27. The summed E-state index contributed by atoms with van der Waals surface area (Å²) in [5.41, 5.74) is 1.16. The van der Waals surface area contributed by atoms with Crippen molar-refractivity contribution in [3.63, 3.8) is 0 Å². The summed E-state index contributed by atoms with van der Waals surface area (Å²) in [6, 6.07) is 7.12. The summed E-state index contributed by atoms with van der Waals surface area (Å²) < 4.78 is 31.5. The molecule has 1 heterocycles. The van der Waals surface area contributed by atoms with E-state index in [0.717, 1.165) is 17.3 Å². The molecule has 0 spiro atoms. The van der Waals surface area contributed by atoms with Gasteiger partial charge in [-0.15, -0.1) is 0 Å². The number of pyridine rings is 1. The van der Waals surface area contributed by atoms with E-state index < -0.39 is 10.8 Å². The second-order valence-electron chi connectivity index (χ2n) is 5.57. The van der Waals surface area contributed by atoms with E-state index >= 15 is 0 Å². The van der Waals surface area contributed by atoms with Crippen LogP contribution in [0, 0.1) is 0 Å². The maximum Gasteiger partial charge on any atom is 0.138 e. The predicted octanol–water partition coefficient (Wildman–Crippen LogP) is 5.46. The van der Waals surface area contributed by atoms with E-state index in [0.29, 0.717) is 22.0 Å². The molecule has 2 rings (SSSR count). The zero-order valence-electron chi connectivity index (χ0n) is 14.9. The molecule has 0 saturated heterocycles. The zero-order chi connectivity index (χ0) is 18.4. The molecule has 2 aromatic rings. The number of halogens is 1. The van der Waals surface area contributed by atoms with Crippen LogP contribution in [0.3, 0.4) is 0 Å². The maximum atomic E-state index is 13.7. The summed E-state index contributed by atoms with van der Waals surface area (Å²) in [6.07, 6.45) is 9.70. The molecule has 132 valence electrons. The molecule has 0 aliphatic heterocycles. The number of fused-ring (bicyclic) bond motifs is 1. The van der Waals surface area contributed by atoms with Crippen molar-refractivity contribution in [2.45, 2.75) is 32.1 Å². The lowest BCUT2D eigenvalue weighted by molar-refractivity contribution is 0.435. The van der Waals surface area contributed by atoms with Gasteiger partial charge in [-0.3, -0.25) is 9.19 Å². The van der Waals surface area contributed by atoms with Gasteiger partial charge in [0, 0.05) is 39.1 Å². The number of aromatic nitrogens is 1. The summed E-state index contributed by atoms with van der Waals surface area (Å²) in [5, 5.41) is 0.741. The van der Waals surface area contributed by atoms with E-state index in [1.807, 2.05) is 25.1 Å². The third-order valence-corrected chi connectivity index (χ3v) is 4.65. The molecule has 1 aromatic heterocycles. The molecular weight excluding hydrogens is 337 g/mol. The minimum Gasteiger partial charge on any atom is -0.456 e. The molecule has 0 bridgehead atoms. The van der Waals surface area contributed by atoms with Crippen molar-refractivity contribution in [2.24, 2.45) is 0 Å². The number of nitrogens with zero attached hydrogens (tertiary/aromatic N) is 1. The molecule has 1 aromatic carbocycles. The van der Waals surface area contributed by atoms with Gasteiger partial charge < -0.3 is 4.74 Å². The highest BCUT2D eigenvalue weighted by Gasteiger charge is 2.11. The smallest absolute Gasteiger partial charge is 0.138 e. The first-order valence-electron chi connectivity index (χ1n) is 8.04. The van der Waals surface area contributed by atoms with Gasteiger partial charge >= 0.3 is 0 Å². The molecule has 0 amide bonds. The predicted molar refractivity (Wildman–Crippen MR) is 102 cm³/mol. The normalized spacial score (nSPS) is 14.7. The minimum atomic E-state index is -1.11. The fourth-order valence-electron chi connectivity index (χ4n) is 2.18. The van der Waals surface area contributed by atoms with Gasteiger partial charge in [0.25, 0.3) is 0 Å². The Balaban J connectivity index is 2.53. The average Bonchev–Trinajstić information content (AvgIpc) is 2.60. The number of hydrogen-bond acceptors (Lipinski definition) is 3. The van der Waals surface area contributed by atoms with Crippen LogP contribution in [0.2, 0.25) is 0 Å². The van der Waals surface area contributed by atoms with Gasteiger partial charge in [0.1, 0.15) is 17.3 Å². The summed E-state index contributed by atoms with van der Waals surface area (Å²) >= 11 is 0. The van der Waals surface area contributed by atoms with Crippen molar-refractivity contribution < 1.29 is 13.3 Å². The van der Waals surface area contributed by atoms with E-state index in [1.54, 1.807) is 43.7 Å². The van der Waals surface area contributed by atoms with Gasteiger partial charge in [-0.05, 0) is 50.6 Å². The molecule has 0 aliphatic rings. The third-order valence-electron chi connectivity index (χ3n) is 3.73. The summed E-state index contributed by atoms with van der Waals surface area (Å²) in [6.45, 7) is 5.10. The van der Waals surface area contributed by atoms with Crippen LogP contribution in [0.4, 0.5) is 4.39 Å². The summed E-state index contributed by atoms with van der Waals surface area (Å²) in [7, 11) is -1.11. The first kappa shape index (κ1) is 19.1. The molecule has 0 aliphatic carbocycles. The quantitative estimate of drug-likeness (QED) is 0.507. The lowest BCUT2D eigenvalue weighted by Crippen LogP contribution is -2.00. The van der Waals surface area contributed by atoms with E-state index in [2.05, 4.69) is 4.98 Å². The van der Waals surface area contributed by atoms with Crippen molar-refractivity contribution in [3.8, 4) is 5.75 Å². The highest BCUT2D eigenvalue weighted by atomic mass is 32.2. The van der Waals surface area contributed by atoms with Gasteiger partial charge in [0.2, 0.25) is 0 Å². The van der Waals surface area contributed by atoms with Gasteiger partial charge in [-0.1, -0.05) is 19.1 Å². The molecule has 1 unspecified atom stereocenters. The first-order valence-corrected chi connectivity index (χ1v) is 9.60. The van der Waals surface area contributed by atoms with Gasteiger partial charge in [-0.25, -0.2) is 4.39 Å². The minimum absolute atomic E-state index is 0.301. The summed E-state index contributed by atoms with van der Waals surface area (Å²) in [5.74, 6) is 0.680. The van der Waals surface area contributed by atoms with Crippen molar-refractivity contribution >= 4 is 21.7 Å². The number of allylic oxidation sites excluding steroid dienone is 5. The van der Waals surface area contributed by atoms with Crippen LogP contribution in [0.25, 0.3) is 10.9 Å². The van der Waals surface area contributed by atoms with Crippen molar-refractivity contribution in [2.75, 3.05) is 6.26 Å².